The highest BCUT2D eigenvalue weighted by Gasteiger charge is 2.52. The van der Waals surface area contributed by atoms with Crippen molar-refractivity contribution in [2.75, 3.05) is 6.26 Å². The first-order chi connectivity index (χ1) is 13.0. The maximum atomic E-state index is 13.2. The normalized spacial score (nSPS) is 19.3. The average Bonchev–Trinajstić information content (AvgIpc) is 2.91. The van der Waals surface area contributed by atoms with Crippen LogP contribution in [0.1, 0.15) is 33.4 Å². The van der Waals surface area contributed by atoms with Crippen LogP contribution >= 0.6 is 11.6 Å². The molecular weight excluding hydrogens is 432 g/mol. The van der Waals surface area contributed by atoms with Crippen LogP contribution in [0.15, 0.2) is 12.1 Å². The molecule has 0 saturated carbocycles. The van der Waals surface area contributed by atoms with Crippen LogP contribution in [0.5, 0.6) is 0 Å². The third-order valence-electron chi connectivity index (χ3n) is 5.18. The number of sulfone groups is 1. The lowest BCUT2D eigenvalue weighted by Crippen LogP contribution is -2.41. The van der Waals surface area contributed by atoms with Crippen molar-refractivity contribution < 1.29 is 30.9 Å². The quantitative estimate of drug-likeness (QED) is 0.667. The van der Waals surface area contributed by atoms with E-state index < -0.39 is 46.6 Å². The Balaban J connectivity index is 2.26. The molecular formula is C17H21BClF3N2O4S. The molecule has 1 aliphatic heterocycles. The van der Waals surface area contributed by atoms with Gasteiger partial charge in [0.15, 0.2) is 9.84 Å². The van der Waals surface area contributed by atoms with Gasteiger partial charge in [0.1, 0.15) is 6.54 Å². The van der Waals surface area contributed by atoms with Crippen LogP contribution in [0.4, 0.5) is 13.2 Å². The molecule has 1 aromatic carbocycles. The summed E-state index contributed by atoms with van der Waals surface area (Å²) in [5, 5.41) is 4.20. The van der Waals surface area contributed by atoms with Crippen molar-refractivity contribution in [3.63, 3.8) is 0 Å². The molecule has 2 aromatic rings. The van der Waals surface area contributed by atoms with E-state index in [9.17, 15) is 21.6 Å². The van der Waals surface area contributed by atoms with Crippen LogP contribution < -0.4 is 5.46 Å². The van der Waals surface area contributed by atoms with E-state index >= 15 is 0 Å². The number of alkyl halides is 3. The first-order valence-corrected chi connectivity index (χ1v) is 11.2. The second-order valence-electron chi connectivity index (χ2n) is 8.24. The second-order valence-corrected chi connectivity index (χ2v) is 10.8. The van der Waals surface area contributed by atoms with Gasteiger partial charge in [-0.3, -0.25) is 4.68 Å². The largest absolute Gasteiger partial charge is 0.497 e. The summed E-state index contributed by atoms with van der Waals surface area (Å²) in [4.78, 5) is 0. The SMILES string of the molecule is CC1(C)OB(c2ccc(Cl)c3c(CS(C)(=O)=O)nn(CC(F)(F)F)c23)OC1(C)C. The molecule has 1 saturated heterocycles. The van der Waals surface area contributed by atoms with Gasteiger partial charge in [0.25, 0.3) is 0 Å². The maximum Gasteiger partial charge on any atom is 0.497 e. The molecule has 0 amide bonds. The Kier molecular flexibility index (Phi) is 5.30. The molecule has 2 heterocycles. The lowest BCUT2D eigenvalue weighted by atomic mass is 9.77. The van der Waals surface area contributed by atoms with Gasteiger partial charge in [0.2, 0.25) is 0 Å². The number of nitrogens with zero attached hydrogens (tertiary/aromatic N) is 2. The summed E-state index contributed by atoms with van der Waals surface area (Å²) in [6.07, 6.45) is -3.59. The lowest BCUT2D eigenvalue weighted by Gasteiger charge is -2.32. The number of rotatable bonds is 4. The molecule has 0 N–H and O–H groups in total. The first kappa shape index (κ1) is 22.4. The molecule has 0 bridgehead atoms. The Morgan fingerprint density at radius 2 is 1.72 bits per heavy atom. The number of benzene rings is 1. The number of hydrogen-bond donors (Lipinski definition) is 0. The van der Waals surface area contributed by atoms with Crippen LogP contribution in [-0.2, 0) is 31.4 Å². The predicted octanol–water partition coefficient (Wildman–Crippen LogP) is 3.10. The summed E-state index contributed by atoms with van der Waals surface area (Å²) in [7, 11) is -4.53. The smallest absolute Gasteiger partial charge is 0.399 e. The fourth-order valence-corrected chi connectivity index (χ4v) is 4.14. The third-order valence-corrected chi connectivity index (χ3v) is 6.29. The lowest BCUT2D eigenvalue weighted by molar-refractivity contribution is -0.141. The zero-order valence-electron chi connectivity index (χ0n) is 16.6. The summed E-state index contributed by atoms with van der Waals surface area (Å²) >= 11 is 6.26. The molecule has 1 aliphatic rings. The molecule has 6 nitrogen and oxygen atoms in total. The highest BCUT2D eigenvalue weighted by atomic mass is 35.5. The molecule has 0 spiro atoms. The van der Waals surface area contributed by atoms with E-state index in [1.165, 1.54) is 12.1 Å². The van der Waals surface area contributed by atoms with Crippen molar-refractivity contribution in [3.8, 4) is 0 Å². The highest BCUT2D eigenvalue weighted by molar-refractivity contribution is 7.89. The first-order valence-electron chi connectivity index (χ1n) is 8.79. The summed E-state index contributed by atoms with van der Waals surface area (Å²) in [6, 6.07) is 3.00. The van der Waals surface area contributed by atoms with Crippen LogP contribution in [-0.4, -0.2) is 49.0 Å². The minimum Gasteiger partial charge on any atom is -0.399 e. The van der Waals surface area contributed by atoms with E-state index in [1.54, 1.807) is 0 Å². The summed E-state index contributed by atoms with van der Waals surface area (Å²) in [5.74, 6) is -0.541. The molecule has 0 atom stereocenters. The highest BCUT2D eigenvalue weighted by Crippen LogP contribution is 2.38. The Labute approximate surface area is 172 Å². The number of fused-ring (bicyclic) bond motifs is 1. The van der Waals surface area contributed by atoms with Crippen molar-refractivity contribution in [3.05, 3.63) is 22.8 Å². The molecule has 160 valence electrons. The molecule has 12 heteroatoms. The van der Waals surface area contributed by atoms with Gasteiger partial charge in [-0.15, -0.1) is 0 Å². The van der Waals surface area contributed by atoms with Crippen LogP contribution in [0.2, 0.25) is 5.02 Å². The zero-order valence-corrected chi connectivity index (χ0v) is 18.2. The van der Waals surface area contributed by atoms with Crippen molar-refractivity contribution in [2.45, 2.75) is 57.4 Å². The number of hydrogen-bond acceptors (Lipinski definition) is 5. The molecule has 29 heavy (non-hydrogen) atoms. The van der Waals surface area contributed by atoms with Gasteiger partial charge in [0, 0.05) is 17.1 Å². The number of halogens is 4. The average molecular weight is 453 g/mol. The number of aromatic nitrogens is 2. The third kappa shape index (κ3) is 4.42. The van der Waals surface area contributed by atoms with Crippen LogP contribution in [0, 0.1) is 0 Å². The summed E-state index contributed by atoms with van der Waals surface area (Å²) in [5.41, 5.74) is -1.12. The zero-order chi connectivity index (χ0) is 22.0. The van der Waals surface area contributed by atoms with E-state index in [0.29, 0.717) is 5.46 Å². The van der Waals surface area contributed by atoms with Gasteiger partial charge in [-0.25, -0.2) is 8.42 Å². The topological polar surface area (TPSA) is 70.4 Å². The molecule has 3 rings (SSSR count). The Morgan fingerprint density at radius 1 is 1.17 bits per heavy atom. The fraction of sp³-hybridized carbons (Fsp3) is 0.588. The maximum absolute atomic E-state index is 13.2. The van der Waals surface area contributed by atoms with Crippen LogP contribution in [0.25, 0.3) is 10.9 Å². The molecule has 1 fully saturated rings. The monoisotopic (exact) mass is 452 g/mol. The van der Waals surface area contributed by atoms with Gasteiger partial charge >= 0.3 is 13.3 Å². The van der Waals surface area contributed by atoms with Gasteiger partial charge < -0.3 is 9.31 Å². The Hall–Kier alpha value is -1.30. The van der Waals surface area contributed by atoms with Crippen LogP contribution in [0.3, 0.4) is 0 Å². The summed E-state index contributed by atoms with van der Waals surface area (Å²) < 4.78 is 75.9. The Morgan fingerprint density at radius 3 is 2.21 bits per heavy atom. The second kappa shape index (κ2) is 6.86. The molecule has 0 unspecified atom stereocenters. The summed E-state index contributed by atoms with van der Waals surface area (Å²) in [6.45, 7) is 5.88. The molecule has 1 aromatic heterocycles. The Bertz CT molecular complexity index is 1050. The van der Waals surface area contributed by atoms with E-state index in [1.807, 2.05) is 27.7 Å². The standard InChI is InChI=1S/C17H21BClF3N2O4S/c1-15(2)16(3,4)28-18(27-15)10-6-7-11(19)13-12(8-29(5,25)26)23-24(14(10)13)9-17(20,21)22/h6-7H,8-9H2,1-5H3. The van der Waals surface area contributed by atoms with Crippen molar-refractivity contribution >= 4 is 44.9 Å². The van der Waals surface area contributed by atoms with E-state index in [2.05, 4.69) is 5.10 Å². The molecule has 0 radical (unpaired) electrons. The van der Waals surface area contributed by atoms with E-state index in [4.69, 9.17) is 20.9 Å². The van der Waals surface area contributed by atoms with E-state index in [-0.39, 0.29) is 21.6 Å². The van der Waals surface area contributed by atoms with Crippen molar-refractivity contribution in [2.24, 2.45) is 0 Å². The van der Waals surface area contributed by atoms with E-state index in [0.717, 1.165) is 10.9 Å². The van der Waals surface area contributed by atoms with Gasteiger partial charge in [-0.05, 0) is 33.8 Å². The van der Waals surface area contributed by atoms with Gasteiger partial charge in [0.05, 0.1) is 33.2 Å². The predicted molar refractivity (Wildman–Crippen MR) is 105 cm³/mol. The van der Waals surface area contributed by atoms with Crippen molar-refractivity contribution in [1.29, 1.82) is 0 Å². The minimum atomic E-state index is -4.57. The van der Waals surface area contributed by atoms with Gasteiger partial charge in [-0.2, -0.15) is 18.3 Å². The van der Waals surface area contributed by atoms with Gasteiger partial charge in [-0.1, -0.05) is 17.7 Å². The fourth-order valence-electron chi connectivity index (χ4n) is 3.17. The van der Waals surface area contributed by atoms with Crippen molar-refractivity contribution in [1.82, 2.24) is 9.78 Å². The molecule has 0 aliphatic carbocycles. The minimum absolute atomic E-state index is 0.0462.